The summed E-state index contributed by atoms with van der Waals surface area (Å²) >= 11 is 0. The molecule has 0 spiro atoms. The molecule has 0 aliphatic heterocycles. The van der Waals surface area contributed by atoms with Crippen molar-refractivity contribution in [3.63, 3.8) is 0 Å². The molecule has 0 bridgehead atoms. The highest BCUT2D eigenvalue weighted by atomic mass is 16.1. The molecule has 116 valence electrons. The lowest BCUT2D eigenvalue weighted by atomic mass is 10.2. The van der Waals surface area contributed by atoms with Gasteiger partial charge in [0.25, 0.3) is 11.1 Å². The standard InChI is InChI=1S/C16H15N5O2/c1-2-11-12(19-9-18-11)8-14-16(23)20-13(15(22)21-14)7-10-3-5-17-6-4-10/h3-9H,2H2,1H3,(H,18,19)(H,20,23)(H,21,22)/b13-7-,14-8-. The van der Waals surface area contributed by atoms with Gasteiger partial charge >= 0.3 is 0 Å². The Morgan fingerprint density at radius 3 is 2.35 bits per heavy atom. The highest BCUT2D eigenvalue weighted by molar-refractivity contribution is 5.47. The Morgan fingerprint density at radius 2 is 1.70 bits per heavy atom. The van der Waals surface area contributed by atoms with Gasteiger partial charge < -0.3 is 15.0 Å². The Morgan fingerprint density at radius 1 is 1.04 bits per heavy atom. The monoisotopic (exact) mass is 309 g/mol. The quantitative estimate of drug-likeness (QED) is 0.600. The van der Waals surface area contributed by atoms with Gasteiger partial charge in [-0.3, -0.25) is 14.6 Å². The van der Waals surface area contributed by atoms with E-state index < -0.39 is 0 Å². The maximum absolute atomic E-state index is 12.2. The number of nitrogens with zero attached hydrogens (tertiary/aromatic N) is 2. The first kappa shape index (κ1) is 14.7. The maximum Gasteiger partial charge on any atom is 0.272 e. The van der Waals surface area contributed by atoms with Crippen LogP contribution in [-0.4, -0.2) is 24.9 Å². The number of aryl methyl sites for hydroxylation is 1. The largest absolute Gasteiger partial charge is 0.348 e. The summed E-state index contributed by atoms with van der Waals surface area (Å²) in [5, 5.41) is 0.361. The summed E-state index contributed by atoms with van der Waals surface area (Å²) in [5.41, 5.74) is 1.56. The number of imidazole rings is 1. The molecule has 3 rings (SSSR count). The highest BCUT2D eigenvalue weighted by Gasteiger charge is 2.02. The molecule has 0 radical (unpaired) electrons. The second kappa shape index (κ2) is 6.27. The van der Waals surface area contributed by atoms with Gasteiger partial charge in [0, 0.05) is 18.1 Å². The van der Waals surface area contributed by atoms with Crippen molar-refractivity contribution in [3.05, 3.63) is 79.2 Å². The van der Waals surface area contributed by atoms with Crippen LogP contribution in [0, 0.1) is 0 Å². The van der Waals surface area contributed by atoms with Crippen molar-refractivity contribution in [1.29, 1.82) is 0 Å². The Hall–Kier alpha value is -3.22. The van der Waals surface area contributed by atoms with Crippen molar-refractivity contribution in [3.8, 4) is 0 Å². The van der Waals surface area contributed by atoms with Gasteiger partial charge in [-0.1, -0.05) is 6.92 Å². The Kier molecular flexibility index (Phi) is 4.01. The van der Waals surface area contributed by atoms with E-state index in [9.17, 15) is 9.59 Å². The average Bonchev–Trinajstić information content (AvgIpc) is 3.00. The number of hydrogen-bond acceptors (Lipinski definition) is 4. The van der Waals surface area contributed by atoms with Crippen LogP contribution in [-0.2, 0) is 6.42 Å². The third-order valence-corrected chi connectivity index (χ3v) is 3.39. The summed E-state index contributed by atoms with van der Waals surface area (Å²) in [6.45, 7) is 1.98. The molecule has 0 fully saturated rings. The number of nitrogens with one attached hydrogen (secondary N) is 3. The number of aromatic nitrogens is 5. The minimum atomic E-state index is -0.380. The normalized spacial score (nSPS) is 12.7. The van der Waals surface area contributed by atoms with Gasteiger partial charge in [0.05, 0.1) is 12.0 Å². The molecular weight excluding hydrogens is 294 g/mol. The van der Waals surface area contributed by atoms with Gasteiger partial charge in [-0.2, -0.15) is 0 Å². The molecule has 0 aliphatic carbocycles. The summed E-state index contributed by atoms with van der Waals surface area (Å²) in [7, 11) is 0. The molecule has 0 aromatic carbocycles. The predicted octanol–water partition coefficient (Wildman–Crippen LogP) is -0.599. The zero-order valence-corrected chi connectivity index (χ0v) is 12.5. The van der Waals surface area contributed by atoms with Crippen LogP contribution in [0.5, 0.6) is 0 Å². The first-order valence-corrected chi connectivity index (χ1v) is 7.15. The minimum Gasteiger partial charge on any atom is -0.348 e. The number of hydrogen-bond donors (Lipinski definition) is 3. The Balaban J connectivity index is 2.14. The lowest BCUT2D eigenvalue weighted by molar-refractivity contribution is 0.998. The Labute approximate surface area is 130 Å². The van der Waals surface area contributed by atoms with E-state index in [-0.39, 0.29) is 21.8 Å². The van der Waals surface area contributed by atoms with Crippen molar-refractivity contribution in [2.45, 2.75) is 13.3 Å². The lowest BCUT2D eigenvalue weighted by Gasteiger charge is -1.94. The summed E-state index contributed by atoms with van der Waals surface area (Å²) in [4.78, 5) is 40.6. The van der Waals surface area contributed by atoms with E-state index in [4.69, 9.17) is 0 Å². The summed E-state index contributed by atoms with van der Waals surface area (Å²) in [6, 6.07) is 3.49. The van der Waals surface area contributed by atoms with E-state index in [0.717, 1.165) is 17.7 Å². The fraction of sp³-hybridized carbons (Fsp3) is 0.125. The molecule has 0 aliphatic rings. The molecule has 0 saturated heterocycles. The van der Waals surface area contributed by atoms with Gasteiger partial charge in [-0.25, -0.2) is 4.98 Å². The molecule has 0 unspecified atom stereocenters. The van der Waals surface area contributed by atoms with Gasteiger partial charge in [-0.15, -0.1) is 0 Å². The van der Waals surface area contributed by atoms with Crippen molar-refractivity contribution in [1.82, 2.24) is 24.9 Å². The summed E-state index contributed by atoms with van der Waals surface area (Å²) in [5.74, 6) is 0. The minimum absolute atomic E-state index is 0.170. The van der Waals surface area contributed by atoms with E-state index >= 15 is 0 Å². The van der Waals surface area contributed by atoms with Crippen LogP contribution in [0.4, 0.5) is 0 Å². The van der Waals surface area contributed by atoms with Gasteiger partial charge in [0.1, 0.15) is 10.7 Å². The Bertz CT molecular complexity index is 1040. The second-order valence-corrected chi connectivity index (χ2v) is 4.92. The molecule has 7 heteroatoms. The maximum atomic E-state index is 12.2. The fourth-order valence-electron chi connectivity index (χ4n) is 2.20. The average molecular weight is 309 g/mol. The van der Waals surface area contributed by atoms with Crippen LogP contribution in [0.1, 0.15) is 23.9 Å². The van der Waals surface area contributed by atoms with Crippen LogP contribution < -0.4 is 21.8 Å². The van der Waals surface area contributed by atoms with Crippen molar-refractivity contribution in [2.24, 2.45) is 0 Å². The van der Waals surface area contributed by atoms with Crippen LogP contribution >= 0.6 is 0 Å². The second-order valence-electron chi connectivity index (χ2n) is 4.92. The summed E-state index contributed by atoms with van der Waals surface area (Å²) in [6.07, 6.45) is 8.70. The van der Waals surface area contributed by atoms with Crippen LogP contribution in [0.25, 0.3) is 12.2 Å². The van der Waals surface area contributed by atoms with Crippen LogP contribution in [0.3, 0.4) is 0 Å². The van der Waals surface area contributed by atoms with E-state index in [2.05, 4.69) is 24.9 Å². The van der Waals surface area contributed by atoms with E-state index in [1.165, 1.54) is 0 Å². The smallest absolute Gasteiger partial charge is 0.272 e. The van der Waals surface area contributed by atoms with Crippen molar-refractivity contribution in [2.75, 3.05) is 0 Å². The third-order valence-electron chi connectivity index (χ3n) is 3.39. The SMILES string of the molecule is CCc1[nH]cnc1/C=c1\[nH]c(=O)/c(=C/c2ccncc2)[nH]c1=O. The number of H-pyrrole nitrogens is 3. The zero-order chi connectivity index (χ0) is 16.2. The molecule has 0 saturated carbocycles. The van der Waals surface area contributed by atoms with E-state index in [0.29, 0.717) is 5.69 Å². The molecule has 3 heterocycles. The van der Waals surface area contributed by atoms with Gasteiger partial charge in [-0.05, 0) is 36.3 Å². The molecule has 3 aromatic heterocycles. The van der Waals surface area contributed by atoms with Crippen molar-refractivity contribution >= 4 is 12.2 Å². The molecule has 0 amide bonds. The zero-order valence-electron chi connectivity index (χ0n) is 12.5. The summed E-state index contributed by atoms with van der Waals surface area (Å²) < 4.78 is 0. The topological polar surface area (TPSA) is 107 Å². The van der Waals surface area contributed by atoms with E-state index in [1.54, 1.807) is 43.0 Å². The fourth-order valence-corrected chi connectivity index (χ4v) is 2.20. The number of aromatic amines is 3. The predicted molar refractivity (Wildman–Crippen MR) is 86.3 cm³/mol. The number of rotatable bonds is 3. The van der Waals surface area contributed by atoms with Crippen molar-refractivity contribution < 1.29 is 0 Å². The molecule has 3 aromatic rings. The molecular formula is C16H15N5O2. The lowest BCUT2D eigenvalue weighted by Crippen LogP contribution is -2.46. The van der Waals surface area contributed by atoms with Gasteiger partial charge in [0.15, 0.2) is 0 Å². The van der Waals surface area contributed by atoms with Gasteiger partial charge in [0.2, 0.25) is 0 Å². The molecule has 7 nitrogen and oxygen atoms in total. The first-order chi connectivity index (χ1) is 11.2. The highest BCUT2D eigenvalue weighted by Crippen LogP contribution is 2.02. The van der Waals surface area contributed by atoms with Crippen LogP contribution in [0.15, 0.2) is 40.4 Å². The molecule has 0 atom stereocenters. The first-order valence-electron chi connectivity index (χ1n) is 7.15. The number of pyridine rings is 1. The molecule has 23 heavy (non-hydrogen) atoms. The molecule has 3 N–H and O–H groups in total. The van der Waals surface area contributed by atoms with Crippen LogP contribution in [0.2, 0.25) is 0 Å². The van der Waals surface area contributed by atoms with E-state index in [1.807, 2.05) is 6.92 Å². The third kappa shape index (κ3) is 3.18.